The molecule has 0 fully saturated rings. The minimum atomic E-state index is -0.0547. The Balaban J connectivity index is 1.80. The van der Waals surface area contributed by atoms with Crippen LogP contribution in [0.1, 0.15) is 29.8 Å². The van der Waals surface area contributed by atoms with Gasteiger partial charge >= 0.3 is 0 Å². The van der Waals surface area contributed by atoms with Crippen LogP contribution in [0.5, 0.6) is 0 Å². The maximum atomic E-state index is 6.09. The van der Waals surface area contributed by atoms with E-state index < -0.39 is 0 Å². The summed E-state index contributed by atoms with van der Waals surface area (Å²) in [4.78, 5) is 7.50. The van der Waals surface area contributed by atoms with Crippen LogP contribution >= 0.6 is 11.6 Å². The summed E-state index contributed by atoms with van der Waals surface area (Å²) in [5.41, 5.74) is 5.88. The molecule has 1 aliphatic rings. The molecule has 130 valence electrons. The highest BCUT2D eigenvalue weighted by Crippen LogP contribution is 2.37. The molecule has 0 aromatic heterocycles. The summed E-state index contributed by atoms with van der Waals surface area (Å²) >= 11 is 6.09. The van der Waals surface area contributed by atoms with Crippen LogP contribution in [0.25, 0.3) is 0 Å². The van der Waals surface area contributed by atoms with E-state index in [0.717, 1.165) is 16.3 Å². The van der Waals surface area contributed by atoms with Gasteiger partial charge in [0.25, 0.3) is 0 Å². The number of aryl methyl sites for hydroxylation is 1. The lowest BCUT2D eigenvalue weighted by atomic mass is 10.0. The number of hydrogen-bond donors (Lipinski definition) is 0. The average Bonchev–Trinajstić information content (AvgIpc) is 3.01. The highest BCUT2D eigenvalue weighted by atomic mass is 35.5. The summed E-state index contributed by atoms with van der Waals surface area (Å²) in [7, 11) is 0. The zero-order valence-electron chi connectivity index (χ0n) is 14.9. The van der Waals surface area contributed by atoms with Gasteiger partial charge in [0.05, 0.1) is 11.8 Å². The van der Waals surface area contributed by atoms with E-state index >= 15 is 0 Å². The average molecular weight is 361 g/mol. The number of halogens is 1. The van der Waals surface area contributed by atoms with Crippen molar-refractivity contribution in [1.82, 2.24) is 0 Å². The predicted molar refractivity (Wildman–Crippen MR) is 110 cm³/mol. The van der Waals surface area contributed by atoms with E-state index in [1.807, 2.05) is 18.2 Å². The number of hydrogen-bond acceptors (Lipinski definition) is 2. The maximum absolute atomic E-state index is 6.09. The molecular weight excluding hydrogens is 340 g/mol. The first-order chi connectivity index (χ1) is 12.6. The second-order valence-corrected chi connectivity index (χ2v) is 7.16. The number of aliphatic imine (C=N–C) groups is 1. The zero-order valence-corrected chi connectivity index (χ0v) is 15.7. The maximum Gasteiger partial charge on any atom is 0.148 e. The zero-order chi connectivity index (χ0) is 18.1. The van der Waals surface area contributed by atoms with Crippen LogP contribution in [-0.2, 0) is 0 Å². The van der Waals surface area contributed by atoms with Crippen LogP contribution in [-0.4, -0.2) is 11.8 Å². The molecule has 0 amide bonds. The lowest BCUT2D eigenvalue weighted by molar-refractivity contribution is 0.675. The summed E-state index contributed by atoms with van der Waals surface area (Å²) < 4.78 is 0. The van der Waals surface area contributed by atoms with Crippen LogP contribution in [0, 0.1) is 6.92 Å². The van der Waals surface area contributed by atoms with Gasteiger partial charge in [0.2, 0.25) is 0 Å². The molecule has 3 heteroatoms. The van der Waals surface area contributed by atoms with Crippen molar-refractivity contribution in [1.29, 1.82) is 0 Å². The Morgan fingerprint density at radius 2 is 1.50 bits per heavy atom. The van der Waals surface area contributed by atoms with Gasteiger partial charge in [0, 0.05) is 10.7 Å². The normalized spacial score (nSPS) is 19.5. The number of rotatable bonds is 3. The van der Waals surface area contributed by atoms with Gasteiger partial charge in [0.1, 0.15) is 6.17 Å². The van der Waals surface area contributed by atoms with Crippen molar-refractivity contribution in [2.75, 3.05) is 4.90 Å². The van der Waals surface area contributed by atoms with Gasteiger partial charge in [-0.05, 0) is 49.2 Å². The van der Waals surface area contributed by atoms with E-state index in [4.69, 9.17) is 16.6 Å². The summed E-state index contributed by atoms with van der Waals surface area (Å²) in [5, 5.41) is 0.744. The van der Waals surface area contributed by atoms with E-state index in [0.29, 0.717) is 0 Å². The van der Waals surface area contributed by atoms with Crippen LogP contribution in [0.15, 0.2) is 83.9 Å². The van der Waals surface area contributed by atoms with E-state index in [1.165, 1.54) is 16.8 Å². The molecule has 1 aliphatic heterocycles. The fourth-order valence-corrected chi connectivity index (χ4v) is 3.65. The van der Waals surface area contributed by atoms with Crippen LogP contribution in [0.3, 0.4) is 0 Å². The van der Waals surface area contributed by atoms with Gasteiger partial charge in [-0.2, -0.15) is 0 Å². The van der Waals surface area contributed by atoms with Crippen molar-refractivity contribution >= 4 is 23.0 Å². The summed E-state index contributed by atoms with van der Waals surface area (Å²) in [6.45, 7) is 4.33. The molecule has 3 aromatic rings. The largest absolute Gasteiger partial charge is 0.337 e. The van der Waals surface area contributed by atoms with Gasteiger partial charge in [-0.1, -0.05) is 71.8 Å². The SMILES string of the molecule is Cc1ccc(C2=NC(c3ccc(Cl)cc3)N(c3ccccc3)C2C)cc1. The molecule has 0 saturated heterocycles. The monoisotopic (exact) mass is 360 g/mol. The number of nitrogens with zero attached hydrogens (tertiary/aromatic N) is 2. The fourth-order valence-electron chi connectivity index (χ4n) is 3.52. The first-order valence-electron chi connectivity index (χ1n) is 8.87. The topological polar surface area (TPSA) is 15.6 Å². The smallest absolute Gasteiger partial charge is 0.148 e. The Hall–Kier alpha value is -2.58. The Labute approximate surface area is 159 Å². The van der Waals surface area contributed by atoms with Crippen molar-refractivity contribution < 1.29 is 0 Å². The highest BCUT2D eigenvalue weighted by Gasteiger charge is 2.35. The molecule has 0 radical (unpaired) electrons. The van der Waals surface area contributed by atoms with Crippen LogP contribution < -0.4 is 4.90 Å². The lowest BCUT2D eigenvalue weighted by Crippen LogP contribution is -2.35. The van der Waals surface area contributed by atoms with Crippen molar-refractivity contribution in [2.45, 2.75) is 26.1 Å². The molecule has 2 unspecified atom stereocenters. The molecule has 0 aliphatic carbocycles. The van der Waals surface area contributed by atoms with Crippen LogP contribution in [0.4, 0.5) is 5.69 Å². The quantitative estimate of drug-likeness (QED) is 0.555. The van der Waals surface area contributed by atoms with Crippen molar-refractivity contribution in [3.05, 3.63) is 101 Å². The number of anilines is 1. The standard InChI is InChI=1S/C23H21ClN2/c1-16-8-10-18(11-9-16)22-17(2)26(21-6-4-3-5-7-21)23(25-22)19-12-14-20(24)15-13-19/h3-15,17,23H,1-2H3. The molecule has 26 heavy (non-hydrogen) atoms. The van der Waals surface area contributed by atoms with E-state index in [1.54, 1.807) is 0 Å². The van der Waals surface area contributed by atoms with E-state index in [9.17, 15) is 0 Å². The minimum Gasteiger partial charge on any atom is -0.337 e. The fraction of sp³-hybridized carbons (Fsp3) is 0.174. The second-order valence-electron chi connectivity index (χ2n) is 6.72. The number of para-hydroxylation sites is 1. The molecule has 1 heterocycles. The molecule has 3 aromatic carbocycles. The molecule has 2 nitrogen and oxygen atoms in total. The van der Waals surface area contributed by atoms with Gasteiger partial charge in [-0.15, -0.1) is 0 Å². The van der Waals surface area contributed by atoms with Crippen molar-refractivity contribution in [3.63, 3.8) is 0 Å². The van der Waals surface area contributed by atoms with Gasteiger partial charge in [-0.25, -0.2) is 0 Å². The third-order valence-electron chi connectivity index (χ3n) is 4.91. The molecule has 0 spiro atoms. The molecule has 0 saturated carbocycles. The third-order valence-corrected chi connectivity index (χ3v) is 5.16. The predicted octanol–water partition coefficient (Wildman–Crippen LogP) is 6.05. The first kappa shape index (κ1) is 16.9. The molecule has 0 bridgehead atoms. The molecule has 0 N–H and O–H groups in total. The van der Waals surface area contributed by atoms with Crippen LogP contribution in [0.2, 0.25) is 5.02 Å². The van der Waals surface area contributed by atoms with Crippen molar-refractivity contribution in [3.8, 4) is 0 Å². The Bertz CT molecular complexity index is 915. The Kier molecular flexibility index (Phi) is 4.52. The Morgan fingerprint density at radius 1 is 0.846 bits per heavy atom. The third kappa shape index (κ3) is 3.13. The van der Waals surface area contributed by atoms with E-state index in [2.05, 4.69) is 79.4 Å². The first-order valence-corrected chi connectivity index (χ1v) is 9.25. The summed E-state index contributed by atoms with van der Waals surface area (Å²) in [5.74, 6) is 0. The molecular formula is C23H21ClN2. The highest BCUT2D eigenvalue weighted by molar-refractivity contribution is 6.30. The van der Waals surface area contributed by atoms with Gasteiger partial charge in [-0.3, -0.25) is 4.99 Å². The lowest BCUT2D eigenvalue weighted by Gasteiger charge is -2.30. The minimum absolute atomic E-state index is 0.0547. The summed E-state index contributed by atoms with van der Waals surface area (Å²) in [6.07, 6.45) is -0.0547. The molecule has 2 atom stereocenters. The van der Waals surface area contributed by atoms with E-state index in [-0.39, 0.29) is 12.2 Å². The Morgan fingerprint density at radius 3 is 2.15 bits per heavy atom. The van der Waals surface area contributed by atoms with Gasteiger partial charge < -0.3 is 4.90 Å². The van der Waals surface area contributed by atoms with Gasteiger partial charge in [0.15, 0.2) is 0 Å². The number of benzene rings is 3. The van der Waals surface area contributed by atoms with Crippen molar-refractivity contribution in [2.24, 2.45) is 4.99 Å². The molecule has 4 rings (SSSR count). The second kappa shape index (κ2) is 6.97. The summed E-state index contributed by atoms with van der Waals surface area (Å²) in [6, 6.07) is 27.3.